The summed E-state index contributed by atoms with van der Waals surface area (Å²) in [6, 6.07) is 9.97. The number of carbonyl (C=O) groups excluding carboxylic acids is 2. The lowest BCUT2D eigenvalue weighted by molar-refractivity contribution is -0.140. The Labute approximate surface area is 190 Å². The van der Waals surface area contributed by atoms with Gasteiger partial charge in [-0.15, -0.1) is 0 Å². The molecule has 0 spiro atoms. The quantitative estimate of drug-likeness (QED) is 0.217. The van der Waals surface area contributed by atoms with Crippen molar-refractivity contribution in [3.05, 3.63) is 47.5 Å². The van der Waals surface area contributed by atoms with Gasteiger partial charge in [-0.1, -0.05) is 24.3 Å². The monoisotopic (exact) mass is 472 g/mol. The molecule has 3 aromatic rings. The van der Waals surface area contributed by atoms with Crippen LogP contribution in [0.15, 0.2) is 36.4 Å². The highest BCUT2D eigenvalue weighted by Crippen LogP contribution is 2.29. The second-order valence-corrected chi connectivity index (χ2v) is 9.08. The molecule has 1 heterocycles. The average molecular weight is 473 g/mol. The molecular weight excluding hydrogens is 448 g/mol. The summed E-state index contributed by atoms with van der Waals surface area (Å²) in [7, 11) is -0.660. The summed E-state index contributed by atoms with van der Waals surface area (Å²) in [6.07, 6.45) is 0.963. The molecule has 1 aromatic heterocycles. The lowest BCUT2D eigenvalue weighted by atomic mass is 10.1. The van der Waals surface area contributed by atoms with Crippen molar-refractivity contribution in [3.8, 4) is 11.4 Å². The molecule has 1 amide bonds. The third-order valence-corrected chi connectivity index (χ3v) is 5.45. The number of fused-ring (bicyclic) bond motifs is 1. The molecule has 5 N–H and O–H groups in total. The maximum atomic E-state index is 12.8. The van der Waals surface area contributed by atoms with Crippen LogP contribution in [0.5, 0.6) is 0 Å². The molecule has 0 aliphatic heterocycles. The number of methoxy groups -OCH3 is 1. The highest BCUT2D eigenvalue weighted by molar-refractivity contribution is 7.92. The normalized spacial score (nSPS) is 11.2. The smallest absolute Gasteiger partial charge is 0.307 e. The number of sulfonamides is 1. The summed E-state index contributed by atoms with van der Waals surface area (Å²) >= 11 is 0. The molecule has 0 unspecified atom stereocenters. The first-order valence-electron chi connectivity index (χ1n) is 9.78. The Morgan fingerprint density at radius 3 is 2.45 bits per heavy atom. The van der Waals surface area contributed by atoms with Gasteiger partial charge < -0.3 is 20.4 Å². The number of nitrogens with zero attached hydrogens (tertiary/aromatic N) is 2. The number of anilines is 1. The van der Waals surface area contributed by atoms with Gasteiger partial charge in [0.1, 0.15) is 11.7 Å². The van der Waals surface area contributed by atoms with E-state index in [2.05, 4.69) is 19.8 Å². The summed E-state index contributed by atoms with van der Waals surface area (Å²) in [5.41, 5.74) is 8.05. The minimum absolute atomic E-state index is 0.0245. The largest absolute Gasteiger partial charge is 0.469 e. The topological polar surface area (TPSA) is 169 Å². The van der Waals surface area contributed by atoms with Crippen molar-refractivity contribution >= 4 is 44.5 Å². The van der Waals surface area contributed by atoms with Crippen LogP contribution in [0.3, 0.4) is 0 Å². The molecule has 174 valence electrons. The number of nitrogens with one attached hydrogen (secondary N) is 3. The van der Waals surface area contributed by atoms with Crippen molar-refractivity contribution in [2.75, 3.05) is 24.6 Å². The molecule has 0 radical (unpaired) electrons. The van der Waals surface area contributed by atoms with E-state index < -0.39 is 21.9 Å². The number of rotatable bonds is 8. The van der Waals surface area contributed by atoms with Crippen molar-refractivity contribution in [2.45, 2.75) is 6.42 Å². The maximum Gasteiger partial charge on any atom is 0.307 e. The minimum Gasteiger partial charge on any atom is -0.469 e. The van der Waals surface area contributed by atoms with E-state index in [1.54, 1.807) is 35.9 Å². The van der Waals surface area contributed by atoms with Crippen LogP contribution in [0.1, 0.15) is 22.3 Å². The van der Waals surface area contributed by atoms with Crippen molar-refractivity contribution in [2.24, 2.45) is 12.8 Å². The van der Waals surface area contributed by atoms with E-state index in [0.29, 0.717) is 22.4 Å². The van der Waals surface area contributed by atoms with Crippen LogP contribution in [0.4, 0.5) is 5.69 Å². The Morgan fingerprint density at radius 2 is 1.88 bits per heavy atom. The number of ether oxygens (including phenoxy) is 1. The third kappa shape index (κ3) is 5.47. The predicted molar refractivity (Wildman–Crippen MR) is 125 cm³/mol. The van der Waals surface area contributed by atoms with Gasteiger partial charge in [-0.25, -0.2) is 13.4 Å². The van der Waals surface area contributed by atoms with E-state index in [9.17, 15) is 18.0 Å². The molecule has 33 heavy (non-hydrogen) atoms. The fourth-order valence-corrected chi connectivity index (χ4v) is 3.81. The van der Waals surface area contributed by atoms with Gasteiger partial charge in [0.05, 0.1) is 42.1 Å². The van der Waals surface area contributed by atoms with Gasteiger partial charge in [-0.2, -0.15) is 0 Å². The highest BCUT2D eigenvalue weighted by Gasteiger charge is 2.19. The van der Waals surface area contributed by atoms with Crippen molar-refractivity contribution in [1.29, 1.82) is 5.41 Å². The van der Waals surface area contributed by atoms with E-state index in [0.717, 1.165) is 11.8 Å². The number of imidazole rings is 1. The van der Waals surface area contributed by atoms with Crippen LogP contribution in [0.2, 0.25) is 0 Å². The lowest BCUT2D eigenvalue weighted by Crippen LogP contribution is -2.27. The number of aromatic nitrogens is 2. The molecule has 0 saturated heterocycles. The maximum absolute atomic E-state index is 12.8. The minimum atomic E-state index is -3.68. The van der Waals surface area contributed by atoms with Gasteiger partial charge in [0.2, 0.25) is 10.0 Å². The van der Waals surface area contributed by atoms with E-state index in [4.69, 9.17) is 11.1 Å². The number of amides is 1. The van der Waals surface area contributed by atoms with Crippen molar-refractivity contribution in [1.82, 2.24) is 14.9 Å². The average Bonchev–Trinajstić information content (AvgIpc) is 3.07. The fraction of sp³-hybridized carbons (Fsp3) is 0.238. The first-order chi connectivity index (χ1) is 15.5. The summed E-state index contributed by atoms with van der Waals surface area (Å²) < 4.78 is 32.5. The van der Waals surface area contributed by atoms with Gasteiger partial charge >= 0.3 is 5.97 Å². The van der Waals surface area contributed by atoms with Crippen LogP contribution in [-0.4, -0.2) is 55.6 Å². The Morgan fingerprint density at radius 1 is 1.21 bits per heavy atom. The zero-order valence-electron chi connectivity index (χ0n) is 18.3. The van der Waals surface area contributed by atoms with Crippen molar-refractivity contribution in [3.63, 3.8) is 0 Å². The molecule has 3 rings (SSSR count). The Hall–Kier alpha value is -3.93. The van der Waals surface area contributed by atoms with Crippen LogP contribution in [-0.2, 0) is 26.6 Å². The molecule has 0 aliphatic rings. The number of benzene rings is 2. The number of nitrogen functional groups attached to an aromatic ring is 1. The number of hydrogen-bond acceptors (Lipinski definition) is 7. The first kappa shape index (κ1) is 23.7. The summed E-state index contributed by atoms with van der Waals surface area (Å²) in [5, 5.41) is 10.1. The van der Waals surface area contributed by atoms with E-state index in [-0.39, 0.29) is 30.1 Å². The van der Waals surface area contributed by atoms with Gasteiger partial charge in [-0.3, -0.25) is 19.7 Å². The SMILES string of the molecule is COC(=O)CCNC(=O)c1cc2nc(-c3ccc(C(=N)N)cc3)n(C)c2cc1NS(C)(=O)=O. The van der Waals surface area contributed by atoms with Gasteiger partial charge in [-0.05, 0) is 12.1 Å². The molecule has 0 bridgehead atoms. The highest BCUT2D eigenvalue weighted by atomic mass is 32.2. The number of carbonyl (C=O) groups is 2. The number of amidine groups is 1. The second kappa shape index (κ2) is 9.28. The van der Waals surface area contributed by atoms with Gasteiger partial charge in [0.15, 0.2) is 0 Å². The molecule has 0 atom stereocenters. The number of aryl methyl sites for hydroxylation is 1. The third-order valence-electron chi connectivity index (χ3n) is 4.86. The molecule has 2 aromatic carbocycles. The second-order valence-electron chi connectivity index (χ2n) is 7.33. The summed E-state index contributed by atoms with van der Waals surface area (Å²) in [6.45, 7) is 0.0256. The summed E-state index contributed by atoms with van der Waals surface area (Å²) in [5.74, 6) is -0.519. The van der Waals surface area contributed by atoms with Gasteiger partial charge in [0.25, 0.3) is 5.91 Å². The summed E-state index contributed by atoms with van der Waals surface area (Å²) in [4.78, 5) is 28.7. The van der Waals surface area contributed by atoms with Crippen LogP contribution < -0.4 is 15.8 Å². The lowest BCUT2D eigenvalue weighted by Gasteiger charge is -2.12. The zero-order chi connectivity index (χ0) is 24.3. The molecule has 12 heteroatoms. The van der Waals surface area contributed by atoms with Crippen LogP contribution in [0, 0.1) is 5.41 Å². The van der Waals surface area contributed by atoms with Crippen molar-refractivity contribution < 1.29 is 22.7 Å². The standard InChI is InChI=1S/C21H24N6O5S/c1-27-17-11-15(26-33(3,30)31)14(21(29)24-9-8-18(28)32-2)10-16(17)25-20(27)13-6-4-12(5-7-13)19(22)23/h4-7,10-11,26H,8-9H2,1-3H3,(H3,22,23)(H,24,29). The molecule has 0 fully saturated rings. The molecular formula is C21H24N6O5S. The Bertz CT molecular complexity index is 1350. The van der Waals surface area contributed by atoms with Crippen LogP contribution >= 0.6 is 0 Å². The number of esters is 1. The molecule has 11 nitrogen and oxygen atoms in total. The number of nitrogens with two attached hydrogens (primary N) is 1. The predicted octanol–water partition coefficient (Wildman–Crippen LogP) is 1.19. The molecule has 0 aliphatic carbocycles. The van der Waals surface area contributed by atoms with E-state index in [1.807, 2.05) is 0 Å². The Balaban J connectivity index is 2.04. The fourth-order valence-electron chi connectivity index (χ4n) is 3.24. The number of hydrogen-bond donors (Lipinski definition) is 4. The van der Waals surface area contributed by atoms with Gasteiger partial charge in [0, 0.05) is 24.7 Å². The van der Waals surface area contributed by atoms with Crippen LogP contribution in [0.25, 0.3) is 22.4 Å². The molecule has 0 saturated carbocycles. The first-order valence-corrected chi connectivity index (χ1v) is 11.7. The van der Waals surface area contributed by atoms with E-state index >= 15 is 0 Å². The van der Waals surface area contributed by atoms with E-state index in [1.165, 1.54) is 19.2 Å². The Kier molecular flexibility index (Phi) is 6.68. The zero-order valence-corrected chi connectivity index (χ0v) is 19.1.